The van der Waals surface area contributed by atoms with Gasteiger partial charge in [-0.05, 0) is 40.4 Å². The second-order valence-electron chi connectivity index (χ2n) is 6.37. The number of rotatable bonds is 7. The van der Waals surface area contributed by atoms with Gasteiger partial charge in [-0.25, -0.2) is 0 Å². The van der Waals surface area contributed by atoms with Gasteiger partial charge in [0.05, 0.1) is 6.61 Å². The first-order chi connectivity index (χ1) is 11.7. The molecule has 1 aliphatic rings. The maximum atomic E-state index is 12.2. The third kappa shape index (κ3) is 4.69. The minimum absolute atomic E-state index is 0.114. The normalized spacial score (nSPS) is 18.1. The molecule has 5 nitrogen and oxygen atoms in total. The molecular weight excluding hydrogens is 322 g/mol. The summed E-state index contributed by atoms with van der Waals surface area (Å²) >= 11 is 1.74. The molecule has 1 amide bonds. The van der Waals surface area contributed by atoms with Gasteiger partial charge in [-0.3, -0.25) is 9.69 Å². The zero-order valence-corrected chi connectivity index (χ0v) is 14.9. The molecule has 1 aliphatic heterocycles. The predicted molar refractivity (Wildman–Crippen MR) is 95.9 cm³/mol. The van der Waals surface area contributed by atoms with E-state index in [1.54, 1.807) is 18.4 Å². The lowest BCUT2D eigenvalue weighted by Crippen LogP contribution is -2.33. The van der Waals surface area contributed by atoms with E-state index in [9.17, 15) is 4.79 Å². The second-order valence-corrected chi connectivity index (χ2v) is 7.15. The fourth-order valence-electron chi connectivity index (χ4n) is 3.28. The molecule has 0 aromatic carbocycles. The van der Waals surface area contributed by atoms with E-state index in [1.807, 2.05) is 0 Å². The number of fused-ring (bicyclic) bond motifs is 1. The summed E-state index contributed by atoms with van der Waals surface area (Å²) in [5.41, 5.74) is 2.68. The van der Waals surface area contributed by atoms with Gasteiger partial charge in [0.2, 0.25) is 5.91 Å². The Bertz CT molecular complexity index is 638. The first-order valence-electron chi connectivity index (χ1n) is 8.37. The number of methoxy groups -OCH3 is 1. The Labute approximate surface area is 147 Å². The lowest BCUT2D eigenvalue weighted by atomic mass is 10.0. The molecule has 0 unspecified atom stereocenters. The number of ether oxygens (including phenoxy) is 1. The van der Waals surface area contributed by atoms with Crippen molar-refractivity contribution < 1.29 is 9.53 Å². The van der Waals surface area contributed by atoms with E-state index in [0.29, 0.717) is 25.5 Å². The number of carbonyl (C=O) groups is 1. The minimum atomic E-state index is 0.114. The van der Waals surface area contributed by atoms with Crippen LogP contribution in [0.1, 0.15) is 17.7 Å². The SMILES string of the molecule is COCCNC(=O)C[C@H]1CN(Cc2ccsc2)Cc2cccn2C1. The van der Waals surface area contributed by atoms with Crippen molar-refractivity contribution in [3.8, 4) is 0 Å². The van der Waals surface area contributed by atoms with Gasteiger partial charge in [-0.1, -0.05) is 0 Å². The van der Waals surface area contributed by atoms with Gasteiger partial charge in [0, 0.05) is 58.1 Å². The van der Waals surface area contributed by atoms with Crippen molar-refractivity contribution in [3.05, 3.63) is 46.4 Å². The third-order valence-corrected chi connectivity index (χ3v) is 5.10. The first-order valence-corrected chi connectivity index (χ1v) is 9.32. The van der Waals surface area contributed by atoms with Crippen molar-refractivity contribution in [3.63, 3.8) is 0 Å². The Hall–Kier alpha value is -1.63. The highest BCUT2D eigenvalue weighted by atomic mass is 32.1. The molecule has 3 heterocycles. The van der Waals surface area contributed by atoms with Gasteiger partial charge in [0.15, 0.2) is 0 Å². The average molecular weight is 347 g/mol. The third-order valence-electron chi connectivity index (χ3n) is 4.37. The van der Waals surface area contributed by atoms with Crippen LogP contribution in [0.2, 0.25) is 0 Å². The Balaban J connectivity index is 1.64. The van der Waals surface area contributed by atoms with Crippen LogP contribution in [-0.2, 0) is 29.2 Å². The molecule has 2 aromatic heterocycles. The number of nitrogens with one attached hydrogen (secondary N) is 1. The lowest BCUT2D eigenvalue weighted by Gasteiger charge is -2.23. The molecule has 0 bridgehead atoms. The maximum Gasteiger partial charge on any atom is 0.220 e. The summed E-state index contributed by atoms with van der Waals surface area (Å²) in [6, 6.07) is 6.46. The fraction of sp³-hybridized carbons (Fsp3) is 0.500. The van der Waals surface area contributed by atoms with Crippen LogP contribution < -0.4 is 5.32 Å². The summed E-state index contributed by atoms with van der Waals surface area (Å²) in [7, 11) is 1.65. The number of nitrogens with zero attached hydrogens (tertiary/aromatic N) is 2. The molecule has 24 heavy (non-hydrogen) atoms. The van der Waals surface area contributed by atoms with Crippen LogP contribution in [0.3, 0.4) is 0 Å². The van der Waals surface area contributed by atoms with E-state index < -0.39 is 0 Å². The number of amides is 1. The molecule has 3 rings (SSSR count). The summed E-state index contributed by atoms with van der Waals surface area (Å²) in [6.07, 6.45) is 2.68. The largest absolute Gasteiger partial charge is 0.383 e. The van der Waals surface area contributed by atoms with Crippen molar-refractivity contribution in [2.24, 2.45) is 5.92 Å². The number of thiophene rings is 1. The van der Waals surface area contributed by atoms with Gasteiger partial charge in [0.1, 0.15) is 0 Å². The van der Waals surface area contributed by atoms with Crippen LogP contribution >= 0.6 is 11.3 Å². The van der Waals surface area contributed by atoms with Crippen molar-refractivity contribution in [2.45, 2.75) is 26.1 Å². The molecule has 0 fully saturated rings. The molecule has 1 N–H and O–H groups in total. The van der Waals surface area contributed by atoms with E-state index in [0.717, 1.165) is 26.2 Å². The molecule has 0 radical (unpaired) electrons. The molecular formula is C18H25N3O2S. The molecule has 130 valence electrons. The minimum Gasteiger partial charge on any atom is -0.383 e. The number of hydrogen-bond acceptors (Lipinski definition) is 4. The summed E-state index contributed by atoms with van der Waals surface area (Å²) in [5.74, 6) is 0.433. The first kappa shape index (κ1) is 17.2. The number of carbonyl (C=O) groups excluding carboxylic acids is 1. The molecule has 1 atom stereocenters. The van der Waals surface area contributed by atoms with Gasteiger partial charge in [-0.2, -0.15) is 11.3 Å². The van der Waals surface area contributed by atoms with E-state index in [1.165, 1.54) is 11.3 Å². The van der Waals surface area contributed by atoms with E-state index >= 15 is 0 Å². The van der Waals surface area contributed by atoms with Gasteiger partial charge in [0.25, 0.3) is 0 Å². The van der Waals surface area contributed by atoms with Crippen LogP contribution in [0.25, 0.3) is 0 Å². The lowest BCUT2D eigenvalue weighted by molar-refractivity contribution is -0.122. The molecule has 0 aliphatic carbocycles. The van der Waals surface area contributed by atoms with Crippen molar-refractivity contribution in [2.75, 3.05) is 26.8 Å². The van der Waals surface area contributed by atoms with Crippen molar-refractivity contribution >= 4 is 17.2 Å². The number of aromatic nitrogens is 1. The smallest absolute Gasteiger partial charge is 0.220 e. The van der Waals surface area contributed by atoms with E-state index in [-0.39, 0.29) is 5.91 Å². The topological polar surface area (TPSA) is 46.5 Å². The average Bonchev–Trinajstić information content (AvgIpc) is 3.17. The van der Waals surface area contributed by atoms with Crippen LogP contribution in [-0.4, -0.2) is 42.2 Å². The Morgan fingerprint density at radius 2 is 2.33 bits per heavy atom. The second kappa shape index (κ2) is 8.46. The molecule has 2 aromatic rings. The number of hydrogen-bond donors (Lipinski definition) is 1. The monoisotopic (exact) mass is 347 g/mol. The van der Waals surface area contributed by atoms with Crippen LogP contribution in [0.4, 0.5) is 0 Å². The standard InChI is InChI=1S/C18H25N3O2S/c1-23-7-5-19-18(22)9-16-11-20(10-15-4-8-24-14-15)13-17-3-2-6-21(17)12-16/h2-4,6,8,14,16H,5,7,9-13H2,1H3,(H,19,22)/t16-/m0/s1. The van der Waals surface area contributed by atoms with Gasteiger partial charge >= 0.3 is 0 Å². The fourth-order valence-corrected chi connectivity index (χ4v) is 3.94. The molecule has 6 heteroatoms. The highest BCUT2D eigenvalue weighted by Crippen LogP contribution is 2.21. The van der Waals surface area contributed by atoms with Gasteiger partial charge in [-0.15, -0.1) is 0 Å². The Morgan fingerprint density at radius 3 is 3.12 bits per heavy atom. The highest BCUT2D eigenvalue weighted by Gasteiger charge is 2.23. The predicted octanol–water partition coefficient (Wildman–Crippen LogP) is 2.33. The van der Waals surface area contributed by atoms with Crippen molar-refractivity contribution in [1.29, 1.82) is 0 Å². The summed E-state index contributed by atoms with van der Waals surface area (Å²) < 4.78 is 7.28. The molecule has 0 spiro atoms. The van der Waals surface area contributed by atoms with Crippen LogP contribution in [0.15, 0.2) is 35.2 Å². The summed E-state index contributed by atoms with van der Waals surface area (Å²) in [6.45, 7) is 4.86. The Morgan fingerprint density at radius 1 is 1.42 bits per heavy atom. The van der Waals surface area contributed by atoms with E-state index in [2.05, 4.69) is 49.9 Å². The zero-order valence-electron chi connectivity index (χ0n) is 14.1. The van der Waals surface area contributed by atoms with Crippen molar-refractivity contribution in [1.82, 2.24) is 14.8 Å². The maximum absolute atomic E-state index is 12.2. The Kier molecular flexibility index (Phi) is 6.07. The van der Waals surface area contributed by atoms with Crippen LogP contribution in [0.5, 0.6) is 0 Å². The summed E-state index contributed by atoms with van der Waals surface area (Å²) in [4.78, 5) is 14.6. The zero-order chi connectivity index (χ0) is 16.8. The summed E-state index contributed by atoms with van der Waals surface area (Å²) in [5, 5.41) is 7.27. The highest BCUT2D eigenvalue weighted by molar-refractivity contribution is 7.07. The molecule has 0 saturated heterocycles. The quantitative estimate of drug-likeness (QED) is 0.782. The molecule has 0 saturated carbocycles. The van der Waals surface area contributed by atoms with Gasteiger partial charge < -0.3 is 14.6 Å². The van der Waals surface area contributed by atoms with Crippen LogP contribution in [0, 0.1) is 5.92 Å². The van der Waals surface area contributed by atoms with E-state index in [4.69, 9.17) is 4.74 Å².